The molecule has 0 radical (unpaired) electrons. The average molecular weight is 459 g/mol. The van der Waals surface area contributed by atoms with E-state index in [1.54, 1.807) is 44.8 Å². The Morgan fingerprint density at radius 3 is 2.50 bits per heavy atom. The molecule has 34 heavy (non-hydrogen) atoms. The first-order valence-electron chi connectivity index (χ1n) is 11.3. The van der Waals surface area contributed by atoms with Crippen molar-refractivity contribution in [3.63, 3.8) is 0 Å². The van der Waals surface area contributed by atoms with Crippen LogP contribution in [0.5, 0.6) is 5.75 Å². The first-order chi connectivity index (χ1) is 16.6. The summed E-state index contributed by atoms with van der Waals surface area (Å²) in [7, 11) is 1.55. The molecular weight excluding hydrogens is 428 g/mol. The van der Waals surface area contributed by atoms with E-state index < -0.39 is 0 Å². The van der Waals surface area contributed by atoms with Gasteiger partial charge in [0.2, 0.25) is 0 Å². The van der Waals surface area contributed by atoms with Crippen LogP contribution in [0.4, 0.5) is 23.0 Å². The molecule has 0 atom stereocenters. The van der Waals surface area contributed by atoms with Crippen LogP contribution in [0.1, 0.15) is 49.5 Å². The van der Waals surface area contributed by atoms with Crippen LogP contribution in [0, 0.1) is 11.3 Å². The number of nitrogens with one attached hydrogen (secondary N) is 3. The average Bonchev–Trinajstić information content (AvgIpc) is 3.71. The molecule has 0 amide bonds. The zero-order chi connectivity index (χ0) is 24.5. The number of ketones is 1. The van der Waals surface area contributed by atoms with Crippen LogP contribution in [-0.4, -0.2) is 34.9 Å². The lowest BCUT2D eigenvalue weighted by atomic mass is 10.1. The van der Waals surface area contributed by atoms with Crippen molar-refractivity contribution in [3.8, 4) is 5.75 Å². The summed E-state index contributed by atoms with van der Waals surface area (Å²) in [5.41, 5.74) is 2.30. The topological polar surface area (TPSA) is 112 Å². The van der Waals surface area contributed by atoms with Crippen molar-refractivity contribution in [3.05, 3.63) is 66.0 Å². The van der Waals surface area contributed by atoms with Gasteiger partial charge < -0.3 is 15.4 Å². The van der Waals surface area contributed by atoms with Gasteiger partial charge in [-0.05, 0) is 44.0 Å². The Hall–Kier alpha value is -4.07. The summed E-state index contributed by atoms with van der Waals surface area (Å²) in [4.78, 5) is 25.7. The minimum atomic E-state index is 0.0484. The van der Waals surface area contributed by atoms with Crippen LogP contribution < -0.4 is 15.4 Å². The van der Waals surface area contributed by atoms with E-state index in [-0.39, 0.29) is 17.5 Å². The minimum Gasteiger partial charge on any atom is -0.494 e. The number of ether oxygens (including phenoxy) is 1. The molecular formula is C26H30N6O2. The third kappa shape index (κ3) is 5.83. The fourth-order valence-electron chi connectivity index (χ4n) is 3.34. The van der Waals surface area contributed by atoms with Crippen LogP contribution >= 0.6 is 0 Å². The molecule has 4 rings (SSSR count). The summed E-state index contributed by atoms with van der Waals surface area (Å²) < 4.78 is 5.60. The summed E-state index contributed by atoms with van der Waals surface area (Å²) in [5.74, 6) is 1.89. The number of aliphatic imine (C=N–C) groups is 1. The highest BCUT2D eigenvalue weighted by Crippen LogP contribution is 2.38. The van der Waals surface area contributed by atoms with E-state index in [1.807, 2.05) is 44.2 Å². The molecule has 176 valence electrons. The van der Waals surface area contributed by atoms with Gasteiger partial charge in [-0.25, -0.2) is 15.0 Å². The molecule has 1 saturated carbocycles. The Balaban J connectivity index is 0.00000158. The number of rotatable bonds is 8. The largest absolute Gasteiger partial charge is 0.494 e. The Morgan fingerprint density at radius 2 is 1.85 bits per heavy atom. The van der Waals surface area contributed by atoms with Gasteiger partial charge in [-0.15, -0.1) is 0 Å². The fourth-order valence-corrected chi connectivity index (χ4v) is 3.34. The molecule has 2 heterocycles. The predicted octanol–water partition coefficient (Wildman–Crippen LogP) is 6.01. The van der Waals surface area contributed by atoms with E-state index in [2.05, 4.69) is 25.6 Å². The van der Waals surface area contributed by atoms with Crippen LogP contribution in [-0.2, 0) is 0 Å². The van der Waals surface area contributed by atoms with E-state index in [4.69, 9.17) is 10.1 Å². The molecule has 2 aromatic heterocycles. The number of nitrogens with zero attached hydrogens (tertiary/aromatic N) is 3. The van der Waals surface area contributed by atoms with Gasteiger partial charge >= 0.3 is 0 Å². The normalized spacial score (nSPS) is 12.5. The van der Waals surface area contributed by atoms with Gasteiger partial charge in [0.25, 0.3) is 0 Å². The number of anilines is 4. The number of carbonyl (C=O) groups excluding carboxylic acids is 1. The second kappa shape index (κ2) is 11.7. The van der Waals surface area contributed by atoms with Crippen molar-refractivity contribution >= 4 is 40.8 Å². The summed E-state index contributed by atoms with van der Waals surface area (Å²) >= 11 is 0. The molecule has 1 fully saturated rings. The van der Waals surface area contributed by atoms with Crippen molar-refractivity contribution in [2.75, 3.05) is 17.7 Å². The van der Waals surface area contributed by atoms with Gasteiger partial charge in [0, 0.05) is 30.6 Å². The van der Waals surface area contributed by atoms with Gasteiger partial charge in [-0.3, -0.25) is 10.2 Å². The highest BCUT2D eigenvalue weighted by molar-refractivity contribution is 6.06. The number of aromatic nitrogens is 2. The fraction of sp³-hybridized carbons (Fsp3) is 0.269. The molecule has 1 aromatic carbocycles. The van der Waals surface area contributed by atoms with Crippen molar-refractivity contribution in [2.45, 2.75) is 33.6 Å². The van der Waals surface area contributed by atoms with Gasteiger partial charge in [-0.2, -0.15) is 0 Å². The number of amidine groups is 1. The summed E-state index contributed by atoms with van der Waals surface area (Å²) in [5, 5.41) is 14.7. The number of benzene rings is 1. The maximum Gasteiger partial charge on any atom is 0.169 e. The molecule has 0 aliphatic heterocycles. The van der Waals surface area contributed by atoms with Gasteiger partial charge in [0.1, 0.15) is 11.6 Å². The molecule has 1 aliphatic rings. The van der Waals surface area contributed by atoms with Crippen LogP contribution in [0.2, 0.25) is 0 Å². The maximum atomic E-state index is 12.9. The van der Waals surface area contributed by atoms with E-state index in [0.29, 0.717) is 39.9 Å². The summed E-state index contributed by atoms with van der Waals surface area (Å²) in [6, 6.07) is 12.8. The van der Waals surface area contributed by atoms with Crippen LogP contribution in [0.3, 0.4) is 0 Å². The van der Waals surface area contributed by atoms with Crippen molar-refractivity contribution < 1.29 is 9.53 Å². The molecule has 3 aromatic rings. The second-order valence-corrected chi connectivity index (χ2v) is 7.34. The van der Waals surface area contributed by atoms with Crippen LogP contribution in [0.25, 0.3) is 0 Å². The van der Waals surface area contributed by atoms with Crippen molar-refractivity contribution in [1.82, 2.24) is 9.97 Å². The summed E-state index contributed by atoms with van der Waals surface area (Å²) in [6.07, 6.45) is 6.64. The van der Waals surface area contributed by atoms with Gasteiger partial charge in [0.05, 0.1) is 29.6 Å². The van der Waals surface area contributed by atoms with Crippen molar-refractivity contribution in [2.24, 2.45) is 10.9 Å². The molecule has 1 aliphatic carbocycles. The zero-order valence-electron chi connectivity index (χ0n) is 19.9. The number of Topliss-reactive ketones (excluding diaryl/α,β-unsaturated/α-hetero) is 1. The first kappa shape index (κ1) is 24.6. The number of para-hydroxylation sites is 1. The molecule has 0 spiro atoms. The quantitative estimate of drug-likeness (QED) is 0.217. The van der Waals surface area contributed by atoms with E-state index in [9.17, 15) is 4.79 Å². The molecule has 8 heteroatoms. The minimum absolute atomic E-state index is 0.0484. The number of hydrogen-bond donors (Lipinski definition) is 3. The SMILES string of the molecule is CC.CC=NC(=N)c1cccc(Nc2cc(Nc3ccccn3)ncc2C(=O)C2CC2)c1OC. The van der Waals surface area contributed by atoms with Gasteiger partial charge in [-0.1, -0.05) is 26.0 Å². The Kier molecular flexibility index (Phi) is 8.45. The number of hydrogen-bond acceptors (Lipinski definition) is 7. The first-order valence-corrected chi connectivity index (χ1v) is 11.3. The Bertz CT molecular complexity index is 1170. The molecule has 3 N–H and O–H groups in total. The smallest absolute Gasteiger partial charge is 0.169 e. The third-order valence-corrected chi connectivity index (χ3v) is 5.04. The highest BCUT2D eigenvalue weighted by atomic mass is 16.5. The van der Waals surface area contributed by atoms with Crippen LogP contribution in [0.15, 0.2) is 59.9 Å². The predicted molar refractivity (Wildman–Crippen MR) is 137 cm³/mol. The molecule has 0 bridgehead atoms. The lowest BCUT2D eigenvalue weighted by molar-refractivity contribution is 0.0968. The monoisotopic (exact) mass is 458 g/mol. The molecule has 0 unspecified atom stereocenters. The zero-order valence-corrected chi connectivity index (χ0v) is 19.9. The standard InChI is InChI=1S/C24H24N6O2.C2H6/c1-3-26-24(25)16-7-6-8-18(23(16)32-2)29-19-13-21(30-20-9-4-5-12-27-20)28-14-17(19)22(31)15-10-11-15;1-2/h3-9,12-15,25H,10-11H2,1-2H3,(H2,27,28,29,30);1-2H3. The third-order valence-electron chi connectivity index (χ3n) is 5.04. The lowest BCUT2D eigenvalue weighted by Gasteiger charge is -2.17. The molecule has 8 nitrogen and oxygen atoms in total. The van der Waals surface area contributed by atoms with E-state index in [1.165, 1.54) is 0 Å². The van der Waals surface area contributed by atoms with Gasteiger partial charge in [0.15, 0.2) is 17.4 Å². The number of pyridine rings is 2. The van der Waals surface area contributed by atoms with Crippen molar-refractivity contribution in [1.29, 1.82) is 5.41 Å². The lowest BCUT2D eigenvalue weighted by Crippen LogP contribution is -2.09. The van der Waals surface area contributed by atoms with E-state index in [0.717, 1.165) is 12.8 Å². The Morgan fingerprint density at radius 1 is 1.06 bits per heavy atom. The highest BCUT2D eigenvalue weighted by Gasteiger charge is 2.32. The molecule has 0 saturated heterocycles. The maximum absolute atomic E-state index is 12.9. The Labute approximate surface area is 200 Å². The second-order valence-electron chi connectivity index (χ2n) is 7.34. The number of methoxy groups -OCH3 is 1. The summed E-state index contributed by atoms with van der Waals surface area (Å²) in [6.45, 7) is 5.76. The number of carbonyl (C=O) groups is 1. The van der Waals surface area contributed by atoms with E-state index >= 15 is 0 Å².